The number of carbonyl (C=O) groups excluding carboxylic acids is 1. The van der Waals surface area contributed by atoms with Crippen molar-refractivity contribution < 1.29 is 13.6 Å². The molecule has 2 heterocycles. The SMILES string of the molecule is CC[C@@H](C)NC(=O)c1cnn2c(C(F)F)cc(C)nc12. The van der Waals surface area contributed by atoms with E-state index in [4.69, 9.17) is 0 Å². The van der Waals surface area contributed by atoms with Crippen LogP contribution in [0.15, 0.2) is 12.3 Å². The van der Waals surface area contributed by atoms with Crippen LogP contribution in [0, 0.1) is 6.92 Å². The molecule has 0 saturated heterocycles. The van der Waals surface area contributed by atoms with Crippen LogP contribution in [0.25, 0.3) is 5.65 Å². The third-order valence-corrected chi connectivity index (χ3v) is 3.09. The van der Waals surface area contributed by atoms with E-state index in [0.29, 0.717) is 5.69 Å². The molecule has 0 aromatic carbocycles. The Labute approximate surface area is 115 Å². The molecule has 1 N–H and O–H groups in total. The Balaban J connectivity index is 2.49. The monoisotopic (exact) mass is 282 g/mol. The van der Waals surface area contributed by atoms with Crippen molar-refractivity contribution >= 4 is 11.6 Å². The quantitative estimate of drug-likeness (QED) is 0.937. The van der Waals surface area contributed by atoms with Gasteiger partial charge in [0.25, 0.3) is 12.3 Å². The lowest BCUT2D eigenvalue weighted by atomic mass is 10.2. The Morgan fingerprint density at radius 1 is 1.50 bits per heavy atom. The second kappa shape index (κ2) is 5.52. The van der Waals surface area contributed by atoms with Crippen molar-refractivity contribution in [2.45, 2.75) is 39.7 Å². The van der Waals surface area contributed by atoms with Crippen molar-refractivity contribution in [1.29, 1.82) is 0 Å². The highest BCUT2D eigenvalue weighted by atomic mass is 19.3. The molecule has 0 saturated carbocycles. The Hall–Kier alpha value is -2.05. The van der Waals surface area contributed by atoms with Crippen LogP contribution in [-0.2, 0) is 0 Å². The fraction of sp³-hybridized carbons (Fsp3) is 0.462. The van der Waals surface area contributed by atoms with Crippen LogP contribution < -0.4 is 5.32 Å². The number of fused-ring (bicyclic) bond motifs is 1. The first-order valence-corrected chi connectivity index (χ1v) is 6.38. The Bertz CT molecular complexity index is 639. The Morgan fingerprint density at radius 3 is 2.80 bits per heavy atom. The summed E-state index contributed by atoms with van der Waals surface area (Å²) >= 11 is 0. The molecular formula is C13H16F2N4O. The van der Waals surface area contributed by atoms with Crippen molar-refractivity contribution in [2.75, 3.05) is 0 Å². The summed E-state index contributed by atoms with van der Waals surface area (Å²) in [5, 5.41) is 6.62. The molecule has 0 spiro atoms. The van der Waals surface area contributed by atoms with E-state index in [-0.39, 0.29) is 28.9 Å². The highest BCUT2D eigenvalue weighted by Gasteiger charge is 2.20. The molecule has 2 rings (SSSR count). The molecule has 108 valence electrons. The van der Waals surface area contributed by atoms with Crippen molar-refractivity contribution in [1.82, 2.24) is 19.9 Å². The van der Waals surface area contributed by atoms with E-state index in [1.54, 1.807) is 6.92 Å². The number of aromatic nitrogens is 3. The molecule has 1 amide bonds. The zero-order chi connectivity index (χ0) is 14.9. The zero-order valence-electron chi connectivity index (χ0n) is 11.5. The molecule has 1 atom stereocenters. The average molecular weight is 282 g/mol. The molecule has 2 aromatic heterocycles. The second-order valence-corrected chi connectivity index (χ2v) is 4.70. The van der Waals surface area contributed by atoms with Crippen LogP contribution in [0.3, 0.4) is 0 Å². The standard InChI is InChI=1S/C13H16F2N4O/c1-4-7(2)18-13(20)9-6-16-19-10(11(14)15)5-8(3)17-12(9)19/h5-7,11H,4H2,1-3H3,(H,18,20)/t7-/m1/s1. The number of amides is 1. The number of hydrogen-bond acceptors (Lipinski definition) is 3. The Morgan fingerprint density at radius 2 is 2.20 bits per heavy atom. The van der Waals surface area contributed by atoms with Gasteiger partial charge in [0.15, 0.2) is 5.65 Å². The number of aryl methyl sites for hydroxylation is 1. The van der Waals surface area contributed by atoms with Crippen molar-refractivity contribution in [2.24, 2.45) is 0 Å². The van der Waals surface area contributed by atoms with E-state index >= 15 is 0 Å². The van der Waals surface area contributed by atoms with Gasteiger partial charge in [-0.2, -0.15) is 5.10 Å². The smallest absolute Gasteiger partial charge is 0.280 e. The van der Waals surface area contributed by atoms with Crippen molar-refractivity contribution in [3.8, 4) is 0 Å². The molecule has 5 nitrogen and oxygen atoms in total. The molecule has 0 unspecified atom stereocenters. The Kier molecular flexibility index (Phi) is 3.96. The molecule has 2 aromatic rings. The number of rotatable bonds is 4. The number of nitrogens with one attached hydrogen (secondary N) is 1. The van der Waals surface area contributed by atoms with E-state index in [2.05, 4.69) is 15.4 Å². The summed E-state index contributed by atoms with van der Waals surface area (Å²) in [7, 11) is 0. The van der Waals surface area contributed by atoms with Crippen molar-refractivity contribution in [3.63, 3.8) is 0 Å². The van der Waals surface area contributed by atoms with E-state index < -0.39 is 6.43 Å². The first-order chi connectivity index (χ1) is 9.43. The lowest BCUT2D eigenvalue weighted by Crippen LogP contribution is -2.31. The minimum atomic E-state index is -2.68. The van der Waals surface area contributed by atoms with Gasteiger partial charge < -0.3 is 5.32 Å². The van der Waals surface area contributed by atoms with Crippen LogP contribution in [0.4, 0.5) is 8.78 Å². The third-order valence-electron chi connectivity index (χ3n) is 3.09. The van der Waals surface area contributed by atoms with Crippen LogP contribution >= 0.6 is 0 Å². The van der Waals surface area contributed by atoms with Gasteiger partial charge in [-0.15, -0.1) is 0 Å². The molecule has 0 aliphatic rings. The van der Waals surface area contributed by atoms with Crippen LogP contribution in [0.5, 0.6) is 0 Å². The van der Waals surface area contributed by atoms with Gasteiger partial charge >= 0.3 is 0 Å². The number of nitrogens with zero attached hydrogens (tertiary/aromatic N) is 3. The summed E-state index contributed by atoms with van der Waals surface area (Å²) in [6.07, 6.45) is -0.630. The molecule has 0 aliphatic heterocycles. The van der Waals surface area contributed by atoms with Crippen molar-refractivity contribution in [3.05, 3.63) is 29.2 Å². The van der Waals surface area contributed by atoms with E-state index in [9.17, 15) is 13.6 Å². The lowest BCUT2D eigenvalue weighted by molar-refractivity contribution is 0.0940. The maximum atomic E-state index is 13.0. The summed E-state index contributed by atoms with van der Waals surface area (Å²) < 4.78 is 26.9. The maximum absolute atomic E-state index is 13.0. The molecular weight excluding hydrogens is 266 g/mol. The fourth-order valence-electron chi connectivity index (χ4n) is 1.83. The minimum absolute atomic E-state index is 0.00294. The van der Waals surface area contributed by atoms with Gasteiger partial charge in [-0.05, 0) is 26.3 Å². The van der Waals surface area contributed by atoms with Gasteiger partial charge in [-0.3, -0.25) is 4.79 Å². The summed E-state index contributed by atoms with van der Waals surface area (Å²) in [5.41, 5.74) is 0.512. The normalized spacial score (nSPS) is 12.9. The maximum Gasteiger partial charge on any atom is 0.280 e. The highest BCUT2D eigenvalue weighted by Crippen LogP contribution is 2.21. The lowest BCUT2D eigenvalue weighted by Gasteiger charge is -2.10. The summed E-state index contributed by atoms with van der Waals surface area (Å²) in [5.74, 6) is -0.354. The average Bonchev–Trinajstić information content (AvgIpc) is 2.80. The van der Waals surface area contributed by atoms with Gasteiger partial charge in [0.2, 0.25) is 0 Å². The number of halogens is 2. The summed E-state index contributed by atoms with van der Waals surface area (Å²) in [6, 6.07) is 1.26. The van der Waals surface area contributed by atoms with E-state index in [0.717, 1.165) is 10.9 Å². The third kappa shape index (κ3) is 2.61. The van der Waals surface area contributed by atoms with Gasteiger partial charge in [-0.1, -0.05) is 6.92 Å². The molecule has 20 heavy (non-hydrogen) atoms. The molecule has 0 aliphatic carbocycles. The number of hydrogen-bond donors (Lipinski definition) is 1. The fourth-order valence-corrected chi connectivity index (χ4v) is 1.83. The summed E-state index contributed by atoms with van der Waals surface area (Å²) in [6.45, 7) is 5.42. The molecule has 0 radical (unpaired) electrons. The molecule has 0 bridgehead atoms. The largest absolute Gasteiger partial charge is 0.349 e. The predicted molar refractivity (Wildman–Crippen MR) is 69.9 cm³/mol. The first kappa shape index (κ1) is 14.4. The van der Waals surface area contributed by atoms with Crippen LogP contribution in [0.2, 0.25) is 0 Å². The minimum Gasteiger partial charge on any atom is -0.349 e. The summed E-state index contributed by atoms with van der Waals surface area (Å²) in [4.78, 5) is 16.2. The second-order valence-electron chi connectivity index (χ2n) is 4.70. The van der Waals surface area contributed by atoms with Gasteiger partial charge in [0, 0.05) is 11.7 Å². The van der Waals surface area contributed by atoms with Crippen LogP contribution in [0.1, 0.15) is 48.4 Å². The van der Waals surface area contributed by atoms with Gasteiger partial charge in [0.05, 0.1) is 6.20 Å². The predicted octanol–water partition coefficient (Wildman–Crippen LogP) is 2.50. The number of alkyl halides is 2. The van der Waals surface area contributed by atoms with E-state index in [1.165, 1.54) is 12.3 Å². The van der Waals surface area contributed by atoms with Gasteiger partial charge in [0.1, 0.15) is 11.3 Å². The highest BCUT2D eigenvalue weighted by molar-refractivity contribution is 5.99. The topological polar surface area (TPSA) is 59.3 Å². The molecule has 7 heteroatoms. The first-order valence-electron chi connectivity index (χ1n) is 6.38. The zero-order valence-corrected chi connectivity index (χ0v) is 11.5. The molecule has 0 fully saturated rings. The van der Waals surface area contributed by atoms with Gasteiger partial charge in [-0.25, -0.2) is 18.3 Å². The number of carbonyl (C=O) groups is 1. The van der Waals surface area contributed by atoms with Crippen LogP contribution in [-0.4, -0.2) is 26.5 Å². The van der Waals surface area contributed by atoms with E-state index in [1.807, 2.05) is 13.8 Å².